The number of carbonyl (C=O) groups excluding carboxylic acids is 1. The number of rotatable bonds is 10. The second-order valence-electron chi connectivity index (χ2n) is 9.45. The number of fused-ring (bicyclic) bond motifs is 1. The molecule has 5 rings (SSSR count). The molecule has 0 spiro atoms. The molecule has 0 saturated heterocycles. The van der Waals surface area contributed by atoms with E-state index in [-0.39, 0.29) is 35.2 Å². The van der Waals surface area contributed by atoms with E-state index < -0.39 is 15.8 Å². The van der Waals surface area contributed by atoms with Crippen molar-refractivity contribution in [2.45, 2.75) is 17.9 Å². The Morgan fingerprint density at radius 2 is 1.49 bits per heavy atom. The number of hydrogen-bond donors (Lipinski definition) is 0. The highest BCUT2D eigenvalue weighted by Crippen LogP contribution is 2.30. The first-order valence-corrected chi connectivity index (χ1v) is 14.7. The molecule has 0 fully saturated rings. The van der Waals surface area contributed by atoms with Crippen LogP contribution < -0.4 is 4.74 Å². The summed E-state index contributed by atoms with van der Waals surface area (Å²) in [5.74, 6) is -0.544. The van der Waals surface area contributed by atoms with Crippen LogP contribution in [0.3, 0.4) is 0 Å². The van der Waals surface area contributed by atoms with Crippen molar-refractivity contribution < 1.29 is 22.7 Å². The average Bonchev–Trinajstić information content (AvgIpc) is 3.00. The van der Waals surface area contributed by atoms with E-state index in [0.29, 0.717) is 11.8 Å². The molecule has 6 nitrogen and oxygen atoms in total. The SMILES string of the molecule is N#CCc1cccc(-c2ccc(S(=O)(=O)CCOc3ccc4ccccc4c3C(=O)OCc3ccccc3)cc2)c1. The van der Waals surface area contributed by atoms with Crippen molar-refractivity contribution in [2.75, 3.05) is 12.4 Å². The summed E-state index contributed by atoms with van der Waals surface area (Å²) in [5.41, 5.74) is 3.79. The first-order chi connectivity index (χ1) is 19.9. The van der Waals surface area contributed by atoms with Gasteiger partial charge in [0.15, 0.2) is 9.84 Å². The maximum absolute atomic E-state index is 13.2. The Morgan fingerprint density at radius 3 is 2.27 bits per heavy atom. The van der Waals surface area contributed by atoms with Gasteiger partial charge in [-0.25, -0.2) is 13.2 Å². The van der Waals surface area contributed by atoms with Gasteiger partial charge in [0.05, 0.1) is 23.1 Å². The number of nitrogens with zero attached hydrogens (tertiary/aromatic N) is 1. The van der Waals surface area contributed by atoms with Crippen LogP contribution in [-0.2, 0) is 27.6 Å². The predicted molar refractivity (Wildman–Crippen MR) is 158 cm³/mol. The number of ether oxygens (including phenoxy) is 2. The second kappa shape index (κ2) is 12.5. The van der Waals surface area contributed by atoms with Gasteiger partial charge in [-0.15, -0.1) is 0 Å². The van der Waals surface area contributed by atoms with Crippen molar-refractivity contribution in [3.63, 3.8) is 0 Å². The molecule has 0 unspecified atom stereocenters. The summed E-state index contributed by atoms with van der Waals surface area (Å²) >= 11 is 0. The van der Waals surface area contributed by atoms with E-state index in [1.807, 2.05) is 84.9 Å². The van der Waals surface area contributed by atoms with Gasteiger partial charge in [0.2, 0.25) is 0 Å². The van der Waals surface area contributed by atoms with Crippen molar-refractivity contribution in [3.8, 4) is 22.9 Å². The number of hydrogen-bond acceptors (Lipinski definition) is 6. The van der Waals surface area contributed by atoms with Gasteiger partial charge in [0.1, 0.15) is 24.5 Å². The van der Waals surface area contributed by atoms with E-state index in [0.717, 1.165) is 27.6 Å². The van der Waals surface area contributed by atoms with Gasteiger partial charge in [-0.05, 0) is 51.2 Å². The Hall–Kier alpha value is -4.93. The summed E-state index contributed by atoms with van der Waals surface area (Å²) < 4.78 is 37.7. The van der Waals surface area contributed by atoms with Crippen LogP contribution in [0.4, 0.5) is 0 Å². The standard InChI is InChI=1S/C34H27NO5S/c35-20-19-25-9-6-11-29(23-25)27-13-16-30(17-14-27)41(37,38)22-21-39-32-18-15-28-10-4-5-12-31(28)33(32)34(36)40-24-26-7-2-1-3-8-26/h1-18,23H,19,21-22,24H2. The van der Waals surface area contributed by atoms with E-state index in [1.165, 1.54) is 0 Å². The topological polar surface area (TPSA) is 93.5 Å². The predicted octanol–water partition coefficient (Wildman–Crippen LogP) is 6.78. The molecule has 7 heteroatoms. The number of benzene rings is 5. The first-order valence-electron chi connectivity index (χ1n) is 13.1. The summed E-state index contributed by atoms with van der Waals surface area (Å²) in [7, 11) is -3.65. The summed E-state index contributed by atoms with van der Waals surface area (Å²) in [5, 5.41) is 10.5. The lowest BCUT2D eigenvalue weighted by molar-refractivity contribution is 0.0471. The molecule has 0 aliphatic carbocycles. The highest BCUT2D eigenvalue weighted by Gasteiger charge is 2.20. The molecule has 0 heterocycles. The molecule has 5 aromatic rings. The molecule has 0 N–H and O–H groups in total. The zero-order chi connectivity index (χ0) is 28.7. The quantitative estimate of drug-likeness (QED) is 0.175. The van der Waals surface area contributed by atoms with Crippen LogP contribution in [-0.4, -0.2) is 26.7 Å². The zero-order valence-corrected chi connectivity index (χ0v) is 23.0. The van der Waals surface area contributed by atoms with Crippen LogP contribution in [0.15, 0.2) is 120 Å². The van der Waals surface area contributed by atoms with Crippen molar-refractivity contribution in [1.29, 1.82) is 5.26 Å². The van der Waals surface area contributed by atoms with Crippen LogP contribution in [0.25, 0.3) is 21.9 Å². The van der Waals surface area contributed by atoms with E-state index >= 15 is 0 Å². The zero-order valence-electron chi connectivity index (χ0n) is 22.2. The van der Waals surface area contributed by atoms with Crippen LogP contribution in [0.2, 0.25) is 0 Å². The van der Waals surface area contributed by atoms with E-state index in [1.54, 1.807) is 30.3 Å². The lowest BCUT2D eigenvalue weighted by atomic mass is 10.0. The largest absolute Gasteiger partial charge is 0.492 e. The Morgan fingerprint density at radius 1 is 0.756 bits per heavy atom. The minimum absolute atomic E-state index is 0.106. The minimum atomic E-state index is -3.65. The number of nitriles is 1. The van der Waals surface area contributed by atoms with E-state index in [4.69, 9.17) is 14.7 Å². The third-order valence-electron chi connectivity index (χ3n) is 6.67. The van der Waals surface area contributed by atoms with Crippen molar-refractivity contribution in [3.05, 3.63) is 132 Å². The third kappa shape index (κ3) is 6.63. The van der Waals surface area contributed by atoms with Gasteiger partial charge in [0, 0.05) is 0 Å². The Labute approximate surface area is 239 Å². The van der Waals surface area contributed by atoms with Gasteiger partial charge in [-0.1, -0.05) is 97.1 Å². The lowest BCUT2D eigenvalue weighted by Crippen LogP contribution is -2.16. The molecule has 0 bridgehead atoms. The van der Waals surface area contributed by atoms with Crippen molar-refractivity contribution in [1.82, 2.24) is 0 Å². The lowest BCUT2D eigenvalue weighted by Gasteiger charge is -2.14. The summed E-state index contributed by atoms with van der Waals surface area (Å²) in [6.45, 7) is -0.0348. The first kappa shape index (κ1) is 27.6. The second-order valence-corrected chi connectivity index (χ2v) is 11.6. The smallest absolute Gasteiger partial charge is 0.342 e. The monoisotopic (exact) mass is 561 g/mol. The fourth-order valence-corrected chi connectivity index (χ4v) is 5.65. The molecule has 0 amide bonds. The van der Waals surface area contributed by atoms with Gasteiger partial charge in [-0.3, -0.25) is 0 Å². The molecule has 0 radical (unpaired) electrons. The van der Waals surface area contributed by atoms with Crippen molar-refractivity contribution >= 4 is 26.6 Å². The molecular formula is C34H27NO5S. The van der Waals surface area contributed by atoms with Gasteiger partial charge >= 0.3 is 5.97 Å². The molecular weight excluding hydrogens is 534 g/mol. The summed E-state index contributed by atoms with van der Waals surface area (Å²) in [6.07, 6.45) is 0.309. The molecule has 204 valence electrons. The Balaban J connectivity index is 1.30. The fraction of sp³-hybridized carbons (Fsp3) is 0.118. The Bertz CT molecular complexity index is 1830. The van der Waals surface area contributed by atoms with Crippen LogP contribution in [0.5, 0.6) is 5.75 Å². The van der Waals surface area contributed by atoms with Crippen LogP contribution in [0.1, 0.15) is 21.5 Å². The summed E-state index contributed by atoms with van der Waals surface area (Å²) in [6, 6.07) is 36.7. The number of esters is 1. The van der Waals surface area contributed by atoms with E-state index in [9.17, 15) is 13.2 Å². The molecule has 0 atom stereocenters. The number of carbonyl (C=O) groups is 1. The minimum Gasteiger partial charge on any atom is -0.492 e. The molecule has 5 aromatic carbocycles. The normalized spacial score (nSPS) is 11.1. The third-order valence-corrected chi connectivity index (χ3v) is 8.37. The maximum Gasteiger partial charge on any atom is 0.342 e. The molecule has 0 aromatic heterocycles. The van der Waals surface area contributed by atoms with E-state index in [2.05, 4.69) is 6.07 Å². The fourth-order valence-electron chi connectivity index (χ4n) is 4.56. The Kier molecular flexibility index (Phi) is 8.42. The highest BCUT2D eigenvalue weighted by atomic mass is 32.2. The van der Waals surface area contributed by atoms with Gasteiger partial charge in [0.25, 0.3) is 0 Å². The van der Waals surface area contributed by atoms with Crippen LogP contribution in [0, 0.1) is 11.3 Å². The average molecular weight is 562 g/mol. The molecule has 0 aliphatic rings. The molecule has 41 heavy (non-hydrogen) atoms. The molecule has 0 saturated carbocycles. The van der Waals surface area contributed by atoms with Crippen LogP contribution >= 0.6 is 0 Å². The van der Waals surface area contributed by atoms with Gasteiger partial charge in [-0.2, -0.15) is 5.26 Å². The van der Waals surface area contributed by atoms with Crippen molar-refractivity contribution in [2.24, 2.45) is 0 Å². The highest BCUT2D eigenvalue weighted by molar-refractivity contribution is 7.91. The maximum atomic E-state index is 13.2. The summed E-state index contributed by atoms with van der Waals surface area (Å²) in [4.78, 5) is 13.4. The molecule has 0 aliphatic heterocycles. The number of sulfone groups is 1. The van der Waals surface area contributed by atoms with Gasteiger partial charge < -0.3 is 9.47 Å².